The summed E-state index contributed by atoms with van der Waals surface area (Å²) in [5.41, 5.74) is 13.0. The fourth-order valence-electron chi connectivity index (χ4n) is 6.11. The van der Waals surface area contributed by atoms with Gasteiger partial charge in [0.2, 0.25) is 42.2 Å². The van der Waals surface area contributed by atoms with Gasteiger partial charge in [0, 0.05) is 51.8 Å². The lowest BCUT2D eigenvalue weighted by Gasteiger charge is -2.31. The van der Waals surface area contributed by atoms with E-state index in [-0.39, 0.29) is 65.5 Å². The Morgan fingerprint density at radius 3 is 2.04 bits per heavy atom. The van der Waals surface area contributed by atoms with Crippen LogP contribution in [0.5, 0.6) is 11.5 Å². The van der Waals surface area contributed by atoms with Crippen molar-refractivity contribution in [3.63, 3.8) is 0 Å². The van der Waals surface area contributed by atoms with E-state index in [0.29, 0.717) is 47.9 Å². The lowest BCUT2D eigenvalue weighted by molar-refractivity contribution is -0.147. The van der Waals surface area contributed by atoms with Crippen LogP contribution in [0, 0.1) is 0 Å². The molecule has 17 heteroatoms. The maximum Gasteiger partial charge on any atom is 0.242 e. The van der Waals surface area contributed by atoms with Crippen molar-refractivity contribution >= 4 is 47.0 Å². The molecule has 4 rings (SSSR count). The highest BCUT2D eigenvalue weighted by Crippen LogP contribution is 2.33. The molecule has 0 bridgehead atoms. The predicted molar refractivity (Wildman–Crippen MR) is 198 cm³/mol. The van der Waals surface area contributed by atoms with Crippen molar-refractivity contribution < 1.29 is 43.0 Å². The second-order valence-corrected chi connectivity index (χ2v) is 13.6. The van der Waals surface area contributed by atoms with Crippen LogP contribution in [0.1, 0.15) is 36.8 Å². The Morgan fingerprint density at radius 2 is 1.37 bits per heavy atom. The zero-order chi connectivity index (χ0) is 39.2. The topological polar surface area (TPSA) is 198 Å². The summed E-state index contributed by atoms with van der Waals surface area (Å²) in [6.45, 7) is -0.784. The number of rotatable bonds is 13. The van der Waals surface area contributed by atoms with Crippen molar-refractivity contribution in [2.45, 2.75) is 44.7 Å². The van der Waals surface area contributed by atoms with Gasteiger partial charge in [-0.25, -0.2) is 0 Å². The van der Waals surface area contributed by atoms with Gasteiger partial charge in [0.25, 0.3) is 0 Å². The van der Waals surface area contributed by atoms with Crippen LogP contribution in [0.15, 0.2) is 42.5 Å². The van der Waals surface area contributed by atoms with Crippen LogP contribution in [0.4, 0.5) is 0 Å². The molecule has 4 N–H and O–H groups in total. The Balaban J connectivity index is 1.73. The first-order chi connectivity index (χ1) is 25.9. The van der Waals surface area contributed by atoms with Crippen molar-refractivity contribution in [3.05, 3.63) is 58.6 Å². The molecule has 1 unspecified atom stereocenters. The highest BCUT2D eigenvalue weighted by Gasteiger charge is 2.32. The molecule has 1 atom stereocenters. The number of unbranched alkanes of at least 4 members (excludes halogenated alkanes) is 1. The lowest BCUT2D eigenvalue weighted by Crippen LogP contribution is -2.52. The van der Waals surface area contributed by atoms with E-state index in [1.54, 1.807) is 30.3 Å². The molecular weight excluding hydrogens is 722 g/mol. The van der Waals surface area contributed by atoms with E-state index in [0.717, 1.165) is 10.5 Å². The minimum Gasteiger partial charge on any atom is -0.454 e. The number of primary amides is 1. The third-order valence-corrected chi connectivity index (χ3v) is 9.63. The largest absolute Gasteiger partial charge is 0.454 e. The van der Waals surface area contributed by atoms with E-state index in [1.165, 1.54) is 33.8 Å². The van der Waals surface area contributed by atoms with Gasteiger partial charge in [-0.2, -0.15) is 0 Å². The average Bonchev–Trinajstić information content (AvgIpc) is 3.62. The number of benzene rings is 2. The number of nitrogens with zero attached hydrogens (tertiary/aromatic N) is 5. The highest BCUT2D eigenvalue weighted by molar-refractivity contribution is 6.30. The van der Waals surface area contributed by atoms with Crippen molar-refractivity contribution in [2.75, 3.05) is 79.9 Å². The van der Waals surface area contributed by atoms with E-state index >= 15 is 0 Å². The molecule has 2 heterocycles. The molecule has 0 aliphatic carbocycles. The molecule has 1 fully saturated rings. The number of nitrogens with two attached hydrogens (primary N) is 2. The van der Waals surface area contributed by atoms with Crippen LogP contribution >= 0.6 is 11.6 Å². The molecule has 0 spiro atoms. The molecule has 2 aromatic carbocycles. The van der Waals surface area contributed by atoms with Crippen LogP contribution in [-0.2, 0) is 46.5 Å². The molecule has 2 aliphatic rings. The van der Waals surface area contributed by atoms with E-state index in [1.807, 2.05) is 12.1 Å². The van der Waals surface area contributed by atoms with Gasteiger partial charge in [-0.1, -0.05) is 29.8 Å². The maximum atomic E-state index is 14.2. The molecule has 2 aromatic rings. The van der Waals surface area contributed by atoms with Crippen LogP contribution in [-0.4, -0.2) is 146 Å². The number of amides is 6. The van der Waals surface area contributed by atoms with E-state index in [9.17, 15) is 28.8 Å². The van der Waals surface area contributed by atoms with Crippen LogP contribution in [0.25, 0.3) is 0 Å². The minimum atomic E-state index is -1.18. The first-order valence-corrected chi connectivity index (χ1v) is 18.3. The molecule has 54 heavy (non-hydrogen) atoms. The third kappa shape index (κ3) is 12.0. The zero-order valence-electron chi connectivity index (χ0n) is 30.9. The van der Waals surface area contributed by atoms with Gasteiger partial charge in [-0.15, -0.1) is 0 Å². The number of ether oxygens (including phenoxy) is 3. The molecule has 16 nitrogen and oxygen atoms in total. The summed E-state index contributed by atoms with van der Waals surface area (Å²) in [5, 5.41) is 0.540. The van der Waals surface area contributed by atoms with Gasteiger partial charge in [0.1, 0.15) is 12.6 Å². The standard InChI is InChI=1S/C37H50ClN7O9/c1-41-29(37(40)51)10-12-32(46)44(17-18-52-2)22-34(48)42(15-4-3-14-39)23-36(50)45(20-27-7-11-30-31(19-27)54-25-53-30)24-35(49)43(21-33(41)47)16-13-26-5-8-28(38)9-6-26/h5-9,11,19,29H,3-4,10,12-18,20-25,39H2,1-2H3,(H2,40,51). The third-order valence-electron chi connectivity index (χ3n) is 9.38. The summed E-state index contributed by atoms with van der Waals surface area (Å²) >= 11 is 6.07. The Labute approximate surface area is 320 Å². The Bertz CT molecular complexity index is 1640. The van der Waals surface area contributed by atoms with Gasteiger partial charge < -0.3 is 50.2 Å². The Morgan fingerprint density at radius 1 is 0.778 bits per heavy atom. The van der Waals surface area contributed by atoms with Gasteiger partial charge in [0.05, 0.1) is 26.2 Å². The van der Waals surface area contributed by atoms with Crippen molar-refractivity contribution in [1.82, 2.24) is 24.5 Å². The normalized spacial score (nSPS) is 18.1. The van der Waals surface area contributed by atoms with Gasteiger partial charge >= 0.3 is 0 Å². The first kappa shape index (κ1) is 41.8. The zero-order valence-corrected chi connectivity index (χ0v) is 31.6. The molecular formula is C37H50ClN7O9. The molecule has 294 valence electrons. The molecule has 0 radical (unpaired) electrons. The lowest BCUT2D eigenvalue weighted by atomic mass is 10.1. The van der Waals surface area contributed by atoms with Crippen LogP contribution < -0.4 is 20.9 Å². The van der Waals surface area contributed by atoms with Crippen LogP contribution in [0.3, 0.4) is 0 Å². The second-order valence-electron chi connectivity index (χ2n) is 13.2. The first-order valence-electron chi connectivity index (χ1n) is 17.9. The Kier molecular flexibility index (Phi) is 15.9. The molecule has 1 saturated heterocycles. The van der Waals surface area contributed by atoms with Gasteiger partial charge in [-0.3, -0.25) is 28.8 Å². The number of hydrogen-bond acceptors (Lipinski definition) is 10. The van der Waals surface area contributed by atoms with Gasteiger partial charge in [-0.05, 0) is 67.6 Å². The minimum absolute atomic E-state index is 0.0346. The predicted octanol–water partition coefficient (Wildman–Crippen LogP) is 0.617. The van der Waals surface area contributed by atoms with Crippen molar-refractivity contribution in [2.24, 2.45) is 11.5 Å². The number of halogens is 1. The number of carbonyl (C=O) groups is 6. The van der Waals surface area contributed by atoms with Crippen LogP contribution in [0.2, 0.25) is 5.02 Å². The van der Waals surface area contributed by atoms with Crippen molar-refractivity contribution in [1.29, 1.82) is 0 Å². The average molecular weight is 772 g/mol. The summed E-state index contributed by atoms with van der Waals surface area (Å²) in [5.74, 6) is -2.43. The number of likely N-dealkylation sites (N-methyl/N-ethyl adjacent to an activating group) is 1. The summed E-state index contributed by atoms with van der Waals surface area (Å²) in [6.07, 6.45) is 1.11. The number of methoxy groups -OCH3 is 1. The molecule has 6 amide bonds. The molecule has 0 aromatic heterocycles. The SMILES string of the molecule is COCCN1CC(=O)N(CCCCN)CC(=O)N(Cc2ccc3c(c2)OCO3)CC(=O)N(CCc2ccc(Cl)cc2)CC(=O)N(C)C(C(N)=O)CCC1=O. The Hall–Kier alpha value is -4.93. The number of hydrogen-bond donors (Lipinski definition) is 2. The summed E-state index contributed by atoms with van der Waals surface area (Å²) in [6, 6.07) is 11.0. The van der Waals surface area contributed by atoms with E-state index in [2.05, 4.69) is 0 Å². The quantitative estimate of drug-likeness (QED) is 0.272. The second kappa shape index (κ2) is 20.5. The fraction of sp³-hybridized carbons (Fsp3) is 0.514. The molecule has 0 saturated carbocycles. The highest BCUT2D eigenvalue weighted by atomic mass is 35.5. The van der Waals surface area contributed by atoms with E-state index in [4.69, 9.17) is 37.3 Å². The summed E-state index contributed by atoms with van der Waals surface area (Å²) in [7, 11) is 2.85. The summed E-state index contributed by atoms with van der Waals surface area (Å²) in [4.78, 5) is 88.8. The van der Waals surface area contributed by atoms with E-state index < -0.39 is 54.6 Å². The number of carbonyl (C=O) groups excluding carboxylic acids is 6. The van der Waals surface area contributed by atoms with Crippen molar-refractivity contribution in [3.8, 4) is 11.5 Å². The maximum absolute atomic E-state index is 14.2. The van der Waals surface area contributed by atoms with Gasteiger partial charge in [0.15, 0.2) is 11.5 Å². The number of fused-ring (bicyclic) bond motifs is 1. The fourth-order valence-corrected chi connectivity index (χ4v) is 6.24. The summed E-state index contributed by atoms with van der Waals surface area (Å²) < 4.78 is 16.2. The monoisotopic (exact) mass is 771 g/mol. The smallest absolute Gasteiger partial charge is 0.242 e. The molecule has 2 aliphatic heterocycles.